The molecule has 24 heavy (non-hydrogen) atoms. The van der Waals surface area contributed by atoms with Gasteiger partial charge in [0.05, 0.1) is 0 Å². The average molecular weight is 314 g/mol. The Morgan fingerprint density at radius 3 is 2.21 bits per heavy atom. The molecule has 0 heteroatoms. The Morgan fingerprint density at radius 1 is 0.667 bits per heavy atom. The highest BCUT2D eigenvalue weighted by Crippen LogP contribution is 2.57. The van der Waals surface area contributed by atoms with Crippen LogP contribution in [0.3, 0.4) is 0 Å². The predicted molar refractivity (Wildman–Crippen MR) is 105 cm³/mol. The van der Waals surface area contributed by atoms with Crippen molar-refractivity contribution in [2.24, 2.45) is 0 Å². The topological polar surface area (TPSA) is 0 Å². The third-order valence-corrected chi connectivity index (χ3v) is 5.86. The summed E-state index contributed by atoms with van der Waals surface area (Å²) in [6, 6.07) is 22.8. The number of fused-ring (bicyclic) bond motifs is 7. The van der Waals surface area contributed by atoms with Crippen LogP contribution in [-0.4, -0.2) is 0 Å². The van der Waals surface area contributed by atoms with E-state index < -0.39 is 0 Å². The lowest BCUT2D eigenvalue weighted by Crippen LogP contribution is -2.27. The van der Waals surface area contributed by atoms with E-state index in [9.17, 15) is 0 Å². The van der Waals surface area contributed by atoms with Crippen molar-refractivity contribution in [3.05, 3.63) is 71.8 Å². The first kappa shape index (κ1) is 15.4. The summed E-state index contributed by atoms with van der Waals surface area (Å²) < 4.78 is 0. The number of benzene rings is 3. The Bertz CT molecular complexity index is 866. The van der Waals surface area contributed by atoms with Crippen LogP contribution < -0.4 is 0 Å². The number of hydrogen-bond acceptors (Lipinski definition) is 0. The Balaban J connectivity index is 0.000000704. The lowest BCUT2D eigenvalue weighted by molar-refractivity contribution is 0.353. The third-order valence-electron chi connectivity index (χ3n) is 5.86. The highest BCUT2D eigenvalue weighted by Gasteiger charge is 2.43. The summed E-state index contributed by atoms with van der Waals surface area (Å²) in [5.41, 5.74) is 6.45. The van der Waals surface area contributed by atoms with E-state index in [1.54, 1.807) is 11.1 Å². The van der Waals surface area contributed by atoms with Gasteiger partial charge in [-0.2, -0.15) is 0 Å². The first-order valence-electron chi connectivity index (χ1n) is 9.52. The molecule has 2 aliphatic carbocycles. The monoisotopic (exact) mass is 314 g/mol. The largest absolute Gasteiger partial charge is 0.0683 e. The lowest BCUT2D eigenvalue weighted by Gasteiger charge is -2.36. The molecule has 3 aromatic carbocycles. The SMILES string of the molecule is CC.c1ccc2c(c1)-c1c(ccc3ccccc13)C21CCCCC1. The van der Waals surface area contributed by atoms with Crippen molar-refractivity contribution in [1.82, 2.24) is 0 Å². The molecule has 1 saturated carbocycles. The van der Waals surface area contributed by atoms with Gasteiger partial charge in [-0.05, 0) is 45.9 Å². The molecule has 0 N–H and O–H groups in total. The molecule has 0 nitrogen and oxygen atoms in total. The zero-order chi connectivity index (χ0) is 16.6. The van der Waals surface area contributed by atoms with Gasteiger partial charge in [0, 0.05) is 5.41 Å². The quantitative estimate of drug-likeness (QED) is 0.415. The van der Waals surface area contributed by atoms with Crippen molar-refractivity contribution < 1.29 is 0 Å². The zero-order valence-corrected chi connectivity index (χ0v) is 14.8. The molecular weight excluding hydrogens is 288 g/mol. The van der Waals surface area contributed by atoms with Crippen molar-refractivity contribution in [3.8, 4) is 11.1 Å². The first-order valence-corrected chi connectivity index (χ1v) is 9.52. The molecule has 0 aromatic heterocycles. The van der Waals surface area contributed by atoms with Crippen LogP contribution in [-0.2, 0) is 5.41 Å². The highest BCUT2D eigenvalue weighted by molar-refractivity contribution is 6.02. The fourth-order valence-corrected chi connectivity index (χ4v) is 4.92. The molecule has 2 aliphatic rings. The van der Waals surface area contributed by atoms with Gasteiger partial charge in [-0.25, -0.2) is 0 Å². The standard InChI is InChI=1S/C22H20.C2H6/c1-6-14-22(15-7-1)19-11-5-4-10-18(19)21-17-9-3-2-8-16(17)12-13-20(21)22;1-2/h2-5,8-13H,1,6-7,14-15H2;1-2H3. The molecule has 0 saturated heterocycles. The molecule has 5 rings (SSSR count). The van der Waals surface area contributed by atoms with Crippen molar-refractivity contribution in [1.29, 1.82) is 0 Å². The molecule has 3 aromatic rings. The van der Waals surface area contributed by atoms with E-state index in [0.717, 1.165) is 0 Å². The van der Waals surface area contributed by atoms with Gasteiger partial charge >= 0.3 is 0 Å². The summed E-state index contributed by atoms with van der Waals surface area (Å²) in [6.07, 6.45) is 6.75. The normalized spacial score (nSPS) is 17.1. The van der Waals surface area contributed by atoms with Gasteiger partial charge in [-0.15, -0.1) is 0 Å². The minimum Gasteiger partial charge on any atom is -0.0683 e. The van der Waals surface area contributed by atoms with Crippen molar-refractivity contribution in [2.75, 3.05) is 0 Å². The molecule has 0 heterocycles. The van der Waals surface area contributed by atoms with Gasteiger partial charge in [-0.3, -0.25) is 0 Å². The maximum absolute atomic E-state index is 2.42. The van der Waals surface area contributed by atoms with Crippen molar-refractivity contribution >= 4 is 10.8 Å². The molecule has 0 amide bonds. The van der Waals surface area contributed by atoms with E-state index in [1.165, 1.54) is 54.0 Å². The second-order valence-electron chi connectivity index (χ2n) is 6.90. The number of rotatable bonds is 0. The Morgan fingerprint density at radius 2 is 1.38 bits per heavy atom. The molecule has 1 spiro atoms. The Labute approximate surface area is 145 Å². The molecule has 0 aliphatic heterocycles. The fraction of sp³-hybridized carbons (Fsp3) is 0.333. The molecule has 0 radical (unpaired) electrons. The molecular formula is C24H26. The second kappa shape index (κ2) is 6.09. The average Bonchev–Trinajstić information content (AvgIpc) is 2.95. The summed E-state index contributed by atoms with van der Waals surface area (Å²) in [5.74, 6) is 0. The van der Waals surface area contributed by atoms with Crippen LogP contribution in [0.5, 0.6) is 0 Å². The third kappa shape index (κ3) is 2.05. The second-order valence-corrected chi connectivity index (χ2v) is 6.90. The number of hydrogen-bond donors (Lipinski definition) is 0. The van der Waals surface area contributed by atoms with E-state index in [4.69, 9.17) is 0 Å². The molecule has 122 valence electrons. The van der Waals surface area contributed by atoms with Gasteiger partial charge in [0.25, 0.3) is 0 Å². The zero-order valence-electron chi connectivity index (χ0n) is 14.8. The van der Waals surface area contributed by atoms with Gasteiger partial charge in [0.1, 0.15) is 0 Å². The van der Waals surface area contributed by atoms with Crippen LogP contribution in [0.1, 0.15) is 57.1 Å². The summed E-state index contributed by atoms with van der Waals surface area (Å²) in [6.45, 7) is 4.00. The Kier molecular flexibility index (Phi) is 3.92. The molecule has 0 unspecified atom stereocenters. The fourth-order valence-electron chi connectivity index (χ4n) is 4.92. The van der Waals surface area contributed by atoms with Crippen LogP contribution in [0, 0.1) is 0 Å². The van der Waals surface area contributed by atoms with Crippen molar-refractivity contribution in [3.63, 3.8) is 0 Å². The maximum Gasteiger partial charge on any atom is 0.0215 e. The molecule has 1 fully saturated rings. The molecule has 0 atom stereocenters. The van der Waals surface area contributed by atoms with Gasteiger partial charge in [0.15, 0.2) is 0 Å². The summed E-state index contributed by atoms with van der Waals surface area (Å²) >= 11 is 0. The minimum atomic E-state index is 0.286. The maximum atomic E-state index is 2.42. The van der Waals surface area contributed by atoms with E-state index in [-0.39, 0.29) is 5.41 Å². The van der Waals surface area contributed by atoms with E-state index in [1.807, 2.05) is 13.8 Å². The van der Waals surface area contributed by atoms with Gasteiger partial charge in [0.2, 0.25) is 0 Å². The van der Waals surface area contributed by atoms with Gasteiger partial charge < -0.3 is 0 Å². The van der Waals surface area contributed by atoms with E-state index in [0.29, 0.717) is 0 Å². The van der Waals surface area contributed by atoms with Crippen LogP contribution >= 0.6 is 0 Å². The summed E-state index contributed by atoms with van der Waals surface area (Å²) in [5, 5.41) is 2.79. The smallest absolute Gasteiger partial charge is 0.0215 e. The Hall–Kier alpha value is -2.08. The van der Waals surface area contributed by atoms with Crippen LogP contribution in [0.2, 0.25) is 0 Å². The van der Waals surface area contributed by atoms with Crippen LogP contribution in [0.25, 0.3) is 21.9 Å². The lowest BCUT2D eigenvalue weighted by atomic mass is 9.68. The van der Waals surface area contributed by atoms with E-state index in [2.05, 4.69) is 60.7 Å². The summed E-state index contributed by atoms with van der Waals surface area (Å²) in [4.78, 5) is 0. The van der Waals surface area contributed by atoms with Gasteiger partial charge in [-0.1, -0.05) is 93.8 Å². The predicted octanol–water partition coefficient (Wildman–Crippen LogP) is 7.10. The van der Waals surface area contributed by atoms with Crippen LogP contribution in [0.4, 0.5) is 0 Å². The van der Waals surface area contributed by atoms with Crippen molar-refractivity contribution in [2.45, 2.75) is 51.4 Å². The van der Waals surface area contributed by atoms with E-state index >= 15 is 0 Å². The first-order chi connectivity index (χ1) is 11.9. The summed E-state index contributed by atoms with van der Waals surface area (Å²) in [7, 11) is 0. The van der Waals surface area contributed by atoms with Crippen LogP contribution in [0.15, 0.2) is 60.7 Å². The minimum absolute atomic E-state index is 0.286. The molecule has 0 bridgehead atoms. The highest BCUT2D eigenvalue weighted by atomic mass is 14.5.